The first-order valence-electron chi connectivity index (χ1n) is 10.3. The molecule has 4 rings (SSSR count). The molecule has 1 saturated heterocycles. The number of amides is 1. The number of anilines is 1. The van der Waals surface area contributed by atoms with Gasteiger partial charge in [0.15, 0.2) is 0 Å². The van der Waals surface area contributed by atoms with E-state index in [4.69, 9.17) is 5.11 Å². The fourth-order valence-corrected chi connectivity index (χ4v) is 3.92. The van der Waals surface area contributed by atoms with E-state index in [0.29, 0.717) is 22.4 Å². The Hall–Kier alpha value is -4.72. The molecule has 0 aromatic heterocycles. The topological polar surface area (TPSA) is 132 Å². The molecule has 0 radical (unpaired) electrons. The van der Waals surface area contributed by atoms with Crippen LogP contribution in [0.2, 0.25) is 0 Å². The number of rotatable bonds is 6. The third-order valence-corrected chi connectivity index (χ3v) is 5.53. The van der Waals surface area contributed by atoms with Crippen molar-refractivity contribution < 1.29 is 34.5 Å². The van der Waals surface area contributed by atoms with Gasteiger partial charge in [-0.05, 0) is 35.4 Å². The second-order valence-corrected chi connectivity index (χ2v) is 7.70. The number of hydrogen-bond donors (Lipinski definition) is 3. The summed E-state index contributed by atoms with van der Waals surface area (Å²) in [7, 11) is 0. The molecule has 1 unspecified atom stereocenters. The van der Waals surface area contributed by atoms with Gasteiger partial charge in [0.2, 0.25) is 0 Å². The van der Waals surface area contributed by atoms with Gasteiger partial charge in [-0.2, -0.15) is 0 Å². The number of carboxylic acids is 2. The van der Waals surface area contributed by atoms with E-state index in [1.807, 2.05) is 0 Å². The Kier molecular flexibility index (Phi) is 5.97. The van der Waals surface area contributed by atoms with Gasteiger partial charge < -0.3 is 15.3 Å². The Morgan fingerprint density at radius 2 is 1.38 bits per heavy atom. The smallest absolute Gasteiger partial charge is 0.335 e. The minimum atomic E-state index is -1.13. The number of aromatic carboxylic acids is 1. The summed E-state index contributed by atoms with van der Waals surface area (Å²) in [5, 5.41) is 29.2. The van der Waals surface area contributed by atoms with Crippen LogP contribution in [-0.4, -0.2) is 38.9 Å². The molecular weight excluding hydrogens is 438 g/mol. The second kappa shape index (κ2) is 9.03. The third-order valence-electron chi connectivity index (χ3n) is 5.53. The van der Waals surface area contributed by atoms with Gasteiger partial charge >= 0.3 is 11.9 Å². The van der Waals surface area contributed by atoms with E-state index in [9.17, 15) is 29.4 Å². The van der Waals surface area contributed by atoms with Crippen molar-refractivity contribution in [3.63, 3.8) is 0 Å². The number of aliphatic hydroxyl groups excluding tert-OH is 1. The minimum absolute atomic E-state index is 0.0294. The number of nitrogens with zero attached hydrogens (tertiary/aromatic N) is 1. The van der Waals surface area contributed by atoms with E-state index in [0.717, 1.165) is 0 Å². The number of Topliss-reactive ketones (excluding diaryl/α,β-unsaturated/α-hetero) is 1. The van der Waals surface area contributed by atoms with E-state index < -0.39 is 29.7 Å². The van der Waals surface area contributed by atoms with Crippen molar-refractivity contribution >= 4 is 35.1 Å². The predicted octanol–water partition coefficient (Wildman–Crippen LogP) is 3.64. The molecule has 1 amide bonds. The molecule has 3 aromatic carbocycles. The molecule has 0 aliphatic carbocycles. The molecule has 1 aliphatic heterocycles. The normalized spacial score (nSPS) is 17.1. The van der Waals surface area contributed by atoms with E-state index >= 15 is 0 Å². The van der Waals surface area contributed by atoms with Gasteiger partial charge in [-0.15, -0.1) is 0 Å². The lowest BCUT2D eigenvalue weighted by molar-refractivity contribution is -0.136. The average molecular weight is 457 g/mol. The number of ketones is 1. The fraction of sp³-hybridized carbons (Fsp3) is 0.0769. The van der Waals surface area contributed by atoms with Crippen molar-refractivity contribution in [1.82, 2.24) is 0 Å². The number of hydrogen-bond acceptors (Lipinski definition) is 5. The molecule has 170 valence electrons. The van der Waals surface area contributed by atoms with Crippen LogP contribution >= 0.6 is 0 Å². The van der Waals surface area contributed by atoms with Gasteiger partial charge in [-0.3, -0.25) is 19.3 Å². The van der Waals surface area contributed by atoms with Crippen LogP contribution < -0.4 is 4.90 Å². The van der Waals surface area contributed by atoms with Crippen molar-refractivity contribution in [3.05, 3.63) is 107 Å². The van der Waals surface area contributed by atoms with Gasteiger partial charge in [-0.25, -0.2) is 4.79 Å². The Morgan fingerprint density at radius 3 is 1.94 bits per heavy atom. The van der Waals surface area contributed by atoms with Gasteiger partial charge in [0.1, 0.15) is 5.76 Å². The van der Waals surface area contributed by atoms with E-state index in [-0.39, 0.29) is 23.3 Å². The van der Waals surface area contributed by atoms with Gasteiger partial charge in [0.05, 0.1) is 23.6 Å². The van der Waals surface area contributed by atoms with Crippen molar-refractivity contribution in [2.24, 2.45) is 0 Å². The fourth-order valence-electron chi connectivity index (χ4n) is 3.92. The molecule has 8 heteroatoms. The molecule has 8 nitrogen and oxygen atoms in total. The van der Waals surface area contributed by atoms with Crippen LogP contribution in [0.15, 0.2) is 84.4 Å². The largest absolute Gasteiger partial charge is 0.507 e. The maximum absolute atomic E-state index is 13.1. The highest BCUT2D eigenvalue weighted by Crippen LogP contribution is 2.42. The van der Waals surface area contributed by atoms with Crippen molar-refractivity contribution in [2.45, 2.75) is 12.5 Å². The maximum Gasteiger partial charge on any atom is 0.335 e. The van der Waals surface area contributed by atoms with Crippen LogP contribution in [0.25, 0.3) is 5.76 Å². The molecule has 3 N–H and O–H groups in total. The highest BCUT2D eigenvalue weighted by Gasteiger charge is 2.47. The molecule has 1 fully saturated rings. The quantitative estimate of drug-likeness (QED) is 0.292. The number of carbonyl (C=O) groups is 4. The number of aliphatic carboxylic acids is 1. The minimum Gasteiger partial charge on any atom is -0.507 e. The zero-order valence-electron chi connectivity index (χ0n) is 17.7. The predicted molar refractivity (Wildman–Crippen MR) is 122 cm³/mol. The van der Waals surface area contributed by atoms with Crippen molar-refractivity contribution in [1.29, 1.82) is 0 Å². The average Bonchev–Trinajstić information content (AvgIpc) is 3.10. The summed E-state index contributed by atoms with van der Waals surface area (Å²) in [5.41, 5.74) is 1.52. The standard InChI is InChI=1S/C26H19NO7/c28-20(29)14-15-6-12-19(13-7-15)27-22(16-8-10-18(11-9-16)26(33)34)21(24(31)25(27)32)23(30)17-4-2-1-3-5-17/h1-13,22,30H,14H2,(H,28,29)(H,33,34)/b23-21+. The van der Waals surface area contributed by atoms with Crippen LogP contribution in [0.5, 0.6) is 0 Å². The summed E-state index contributed by atoms with van der Waals surface area (Å²) in [4.78, 5) is 49.7. The molecule has 34 heavy (non-hydrogen) atoms. The number of carbonyl (C=O) groups excluding carboxylic acids is 2. The first-order valence-corrected chi connectivity index (χ1v) is 10.3. The lowest BCUT2D eigenvalue weighted by Gasteiger charge is -2.25. The Bertz CT molecular complexity index is 1310. The molecule has 0 bridgehead atoms. The third kappa shape index (κ3) is 4.16. The summed E-state index contributed by atoms with van der Waals surface area (Å²) < 4.78 is 0. The summed E-state index contributed by atoms with van der Waals surface area (Å²) in [6.45, 7) is 0. The van der Waals surface area contributed by atoms with E-state index in [2.05, 4.69) is 0 Å². The van der Waals surface area contributed by atoms with Gasteiger partial charge in [0, 0.05) is 11.3 Å². The lowest BCUT2D eigenvalue weighted by Crippen LogP contribution is -2.29. The summed E-state index contributed by atoms with van der Waals surface area (Å²) in [5.74, 6) is -4.23. The Labute approximate surface area is 194 Å². The Balaban J connectivity index is 1.87. The maximum atomic E-state index is 13.1. The van der Waals surface area contributed by atoms with E-state index in [1.165, 1.54) is 41.3 Å². The second-order valence-electron chi connectivity index (χ2n) is 7.70. The molecule has 1 aliphatic rings. The zero-order chi connectivity index (χ0) is 24.4. The molecule has 1 heterocycles. The van der Waals surface area contributed by atoms with Crippen LogP contribution in [-0.2, 0) is 20.8 Å². The first-order chi connectivity index (χ1) is 16.3. The Morgan fingerprint density at radius 1 is 0.765 bits per heavy atom. The van der Waals surface area contributed by atoms with E-state index in [1.54, 1.807) is 42.5 Å². The van der Waals surface area contributed by atoms with Crippen molar-refractivity contribution in [3.8, 4) is 0 Å². The van der Waals surface area contributed by atoms with Crippen LogP contribution in [0, 0.1) is 0 Å². The summed E-state index contributed by atoms with van der Waals surface area (Å²) in [6, 6.07) is 19.2. The zero-order valence-corrected chi connectivity index (χ0v) is 17.7. The number of aliphatic hydroxyl groups is 1. The van der Waals surface area contributed by atoms with Crippen LogP contribution in [0.3, 0.4) is 0 Å². The monoisotopic (exact) mass is 457 g/mol. The summed E-state index contributed by atoms with van der Waals surface area (Å²) >= 11 is 0. The molecule has 3 aromatic rings. The number of benzene rings is 3. The molecule has 1 atom stereocenters. The number of carboxylic acid groups (broad SMARTS) is 2. The molecular formula is C26H19NO7. The SMILES string of the molecule is O=C(O)Cc1ccc(N2C(=O)C(=O)/C(=C(/O)c3ccccc3)C2c2ccc(C(=O)O)cc2)cc1. The lowest BCUT2D eigenvalue weighted by atomic mass is 9.94. The van der Waals surface area contributed by atoms with Gasteiger partial charge in [0.25, 0.3) is 11.7 Å². The first kappa shape index (κ1) is 22.5. The van der Waals surface area contributed by atoms with Crippen LogP contribution in [0.1, 0.15) is 33.1 Å². The van der Waals surface area contributed by atoms with Gasteiger partial charge in [-0.1, -0.05) is 54.6 Å². The highest BCUT2D eigenvalue weighted by molar-refractivity contribution is 6.51. The highest BCUT2D eigenvalue weighted by atomic mass is 16.4. The van der Waals surface area contributed by atoms with Crippen LogP contribution in [0.4, 0.5) is 5.69 Å². The molecule has 0 spiro atoms. The van der Waals surface area contributed by atoms with Crippen molar-refractivity contribution in [2.75, 3.05) is 4.90 Å². The summed E-state index contributed by atoms with van der Waals surface area (Å²) in [6.07, 6.45) is -0.201. The molecule has 0 saturated carbocycles.